The van der Waals surface area contributed by atoms with Gasteiger partial charge in [-0.25, -0.2) is 0 Å². The van der Waals surface area contributed by atoms with Gasteiger partial charge >= 0.3 is 5.97 Å². The van der Waals surface area contributed by atoms with E-state index in [9.17, 15) is 9.18 Å². The summed E-state index contributed by atoms with van der Waals surface area (Å²) in [7, 11) is 1.27. The fourth-order valence-corrected chi connectivity index (χ4v) is 0.701. The van der Waals surface area contributed by atoms with Crippen LogP contribution in [0.25, 0.3) is 0 Å². The summed E-state index contributed by atoms with van der Waals surface area (Å²) in [5.41, 5.74) is 0. The van der Waals surface area contributed by atoms with Crippen molar-refractivity contribution >= 4 is 21.9 Å². The molecule has 2 nitrogen and oxygen atoms in total. The van der Waals surface area contributed by atoms with Crippen LogP contribution in [0.3, 0.4) is 0 Å². The van der Waals surface area contributed by atoms with Gasteiger partial charge in [0.05, 0.1) is 13.8 Å². The topological polar surface area (TPSA) is 26.3 Å². The molecule has 0 aromatic carbocycles. The van der Waals surface area contributed by atoms with E-state index in [0.717, 1.165) is 0 Å². The molecule has 0 saturated carbocycles. The van der Waals surface area contributed by atoms with Crippen LogP contribution in [0.1, 0.15) is 6.42 Å². The summed E-state index contributed by atoms with van der Waals surface area (Å²) >= 11 is 2.95. The lowest BCUT2D eigenvalue weighted by Crippen LogP contribution is -2.15. The van der Waals surface area contributed by atoms with E-state index in [2.05, 4.69) is 20.7 Å². The van der Waals surface area contributed by atoms with E-state index in [-0.39, 0.29) is 6.42 Å². The molecule has 0 aliphatic heterocycles. The molecule has 0 amide bonds. The maximum Gasteiger partial charge on any atom is 0.319 e. The molecule has 0 heterocycles. The van der Waals surface area contributed by atoms with Crippen molar-refractivity contribution in [3.63, 3.8) is 0 Å². The maximum absolute atomic E-state index is 11.5. The summed E-state index contributed by atoms with van der Waals surface area (Å²) in [5.74, 6) is -0.423. The Labute approximate surface area is 61.5 Å². The van der Waals surface area contributed by atoms with Crippen LogP contribution in [-0.2, 0) is 9.53 Å². The molecule has 0 rings (SSSR count). The van der Waals surface area contributed by atoms with E-state index in [1.54, 1.807) is 0 Å². The number of hydrogen-bond acceptors (Lipinski definition) is 2. The summed E-state index contributed by atoms with van der Waals surface area (Å²) in [6, 6.07) is 0. The predicted octanol–water partition coefficient (Wildman–Crippen LogP) is 1.28. The third kappa shape index (κ3) is 3.46. The molecule has 54 valence electrons. The largest absolute Gasteiger partial charge is 0.468 e. The van der Waals surface area contributed by atoms with E-state index in [4.69, 9.17) is 0 Å². The second kappa shape index (κ2) is 4.73. The molecule has 0 aromatic rings. The lowest BCUT2D eigenvalue weighted by atomic mass is 10.3. The second-order valence-electron chi connectivity index (χ2n) is 1.47. The number of alkyl halides is 2. The molecule has 0 aromatic heterocycles. The number of rotatable bonds is 3. The summed E-state index contributed by atoms with van der Waals surface area (Å²) in [4.78, 5) is 9.97. The molecular weight excluding hydrogens is 191 g/mol. The van der Waals surface area contributed by atoms with Crippen LogP contribution in [0.5, 0.6) is 0 Å². The van der Waals surface area contributed by atoms with Gasteiger partial charge < -0.3 is 4.74 Å². The molecule has 0 aliphatic carbocycles. The minimum absolute atomic E-state index is 0.173. The van der Waals surface area contributed by atoms with Gasteiger partial charge in [0.15, 0.2) is 0 Å². The standard InChI is InChI=1S/C5H8BrFO2/c1-9-5(8)4(6)2-3-7/h4H,2-3H2,1H3. The first kappa shape index (κ1) is 8.88. The average molecular weight is 199 g/mol. The molecule has 1 atom stereocenters. The Bertz CT molecular complexity index is 97.0. The molecule has 1 unspecified atom stereocenters. The summed E-state index contributed by atoms with van der Waals surface area (Å²) < 4.78 is 15.8. The smallest absolute Gasteiger partial charge is 0.319 e. The highest BCUT2D eigenvalue weighted by Gasteiger charge is 2.13. The zero-order chi connectivity index (χ0) is 7.28. The first-order chi connectivity index (χ1) is 4.22. The number of hydrogen-bond donors (Lipinski definition) is 0. The highest BCUT2D eigenvalue weighted by atomic mass is 79.9. The number of carbonyl (C=O) groups is 1. The van der Waals surface area contributed by atoms with Crippen LogP contribution >= 0.6 is 15.9 Å². The number of esters is 1. The third-order valence-corrected chi connectivity index (χ3v) is 1.65. The van der Waals surface area contributed by atoms with E-state index in [0.29, 0.717) is 0 Å². The molecule has 0 fully saturated rings. The van der Waals surface area contributed by atoms with Gasteiger partial charge in [0.25, 0.3) is 0 Å². The Hall–Kier alpha value is -0.120. The van der Waals surface area contributed by atoms with Crippen molar-refractivity contribution in [1.29, 1.82) is 0 Å². The van der Waals surface area contributed by atoms with Crippen LogP contribution in [0.4, 0.5) is 4.39 Å². The van der Waals surface area contributed by atoms with Crippen molar-refractivity contribution in [2.75, 3.05) is 13.8 Å². The van der Waals surface area contributed by atoms with Gasteiger partial charge in [0.1, 0.15) is 4.83 Å². The monoisotopic (exact) mass is 198 g/mol. The van der Waals surface area contributed by atoms with E-state index >= 15 is 0 Å². The molecule has 9 heavy (non-hydrogen) atoms. The first-order valence-electron chi connectivity index (χ1n) is 2.50. The van der Waals surface area contributed by atoms with Crippen LogP contribution in [-0.4, -0.2) is 24.6 Å². The van der Waals surface area contributed by atoms with Gasteiger partial charge in [-0.2, -0.15) is 0 Å². The van der Waals surface area contributed by atoms with Crippen LogP contribution in [0.2, 0.25) is 0 Å². The van der Waals surface area contributed by atoms with Gasteiger partial charge in [-0.15, -0.1) is 0 Å². The van der Waals surface area contributed by atoms with Crippen LogP contribution in [0, 0.1) is 0 Å². The summed E-state index contributed by atoms with van der Waals surface area (Å²) in [6.45, 7) is -0.509. The minimum Gasteiger partial charge on any atom is -0.468 e. The second-order valence-corrected chi connectivity index (χ2v) is 2.57. The number of halogens is 2. The fourth-order valence-electron chi connectivity index (χ4n) is 0.342. The van der Waals surface area contributed by atoms with Crippen molar-refractivity contribution in [1.82, 2.24) is 0 Å². The molecule has 0 bridgehead atoms. The highest BCUT2D eigenvalue weighted by Crippen LogP contribution is 2.06. The van der Waals surface area contributed by atoms with Gasteiger partial charge in [-0.1, -0.05) is 15.9 Å². The molecule has 0 radical (unpaired) electrons. The minimum atomic E-state index is -0.509. The van der Waals surface area contributed by atoms with E-state index in [1.165, 1.54) is 7.11 Å². The van der Waals surface area contributed by atoms with Gasteiger partial charge in [0.2, 0.25) is 0 Å². The first-order valence-corrected chi connectivity index (χ1v) is 3.41. The van der Waals surface area contributed by atoms with Crippen molar-refractivity contribution < 1.29 is 13.9 Å². The van der Waals surface area contributed by atoms with Gasteiger partial charge in [0, 0.05) is 0 Å². The normalized spacial score (nSPS) is 12.8. The Morgan fingerprint density at radius 1 is 1.89 bits per heavy atom. The molecule has 0 spiro atoms. The number of ether oxygens (including phenoxy) is 1. The number of methoxy groups -OCH3 is 1. The van der Waals surface area contributed by atoms with Crippen molar-refractivity contribution in [2.24, 2.45) is 0 Å². The predicted molar refractivity (Wildman–Crippen MR) is 35.3 cm³/mol. The summed E-state index contributed by atoms with van der Waals surface area (Å²) in [5, 5.41) is 0. The Kier molecular flexibility index (Phi) is 4.67. The molecular formula is C5H8BrFO2. The Morgan fingerprint density at radius 3 is 2.78 bits per heavy atom. The number of carbonyl (C=O) groups excluding carboxylic acids is 1. The highest BCUT2D eigenvalue weighted by molar-refractivity contribution is 9.10. The maximum atomic E-state index is 11.5. The zero-order valence-electron chi connectivity index (χ0n) is 5.06. The van der Waals surface area contributed by atoms with Gasteiger partial charge in [-0.3, -0.25) is 9.18 Å². The Balaban J connectivity index is 3.45. The molecule has 0 saturated heterocycles. The van der Waals surface area contributed by atoms with Crippen molar-refractivity contribution in [2.45, 2.75) is 11.2 Å². The third-order valence-electron chi connectivity index (χ3n) is 0.819. The lowest BCUT2D eigenvalue weighted by molar-refractivity contribution is -0.139. The fraction of sp³-hybridized carbons (Fsp3) is 0.800. The van der Waals surface area contributed by atoms with E-state index in [1.807, 2.05) is 0 Å². The van der Waals surface area contributed by atoms with E-state index < -0.39 is 17.5 Å². The van der Waals surface area contributed by atoms with Crippen molar-refractivity contribution in [3.05, 3.63) is 0 Å². The van der Waals surface area contributed by atoms with Crippen molar-refractivity contribution in [3.8, 4) is 0 Å². The Morgan fingerprint density at radius 2 is 2.44 bits per heavy atom. The molecule has 0 N–H and O–H groups in total. The van der Waals surface area contributed by atoms with Gasteiger partial charge in [-0.05, 0) is 6.42 Å². The zero-order valence-corrected chi connectivity index (χ0v) is 6.65. The lowest BCUT2D eigenvalue weighted by Gasteiger charge is -2.02. The average Bonchev–Trinajstić information content (AvgIpc) is 1.87. The van der Waals surface area contributed by atoms with Crippen LogP contribution < -0.4 is 0 Å². The molecule has 4 heteroatoms. The summed E-state index contributed by atoms with van der Waals surface area (Å²) in [6.07, 6.45) is 0.173. The SMILES string of the molecule is COC(=O)C(Br)CCF. The quantitative estimate of drug-likeness (QED) is 0.505. The molecule has 0 aliphatic rings. The van der Waals surface area contributed by atoms with Crippen LogP contribution in [0.15, 0.2) is 0 Å².